The molecular weight excluding hydrogens is 441 g/mol. The van der Waals surface area contributed by atoms with Crippen LogP contribution in [0.3, 0.4) is 0 Å². The molecule has 0 spiro atoms. The molecule has 2 atom stereocenters. The first-order chi connectivity index (χ1) is 15.7. The van der Waals surface area contributed by atoms with Crippen molar-refractivity contribution < 1.29 is 14.0 Å². The highest BCUT2D eigenvalue weighted by molar-refractivity contribution is 6.34. The summed E-state index contributed by atoms with van der Waals surface area (Å²) in [4.78, 5) is 29.4. The van der Waals surface area contributed by atoms with E-state index in [4.69, 9.17) is 11.6 Å². The molecular formula is C26H35ClFN3O2. The Hall–Kier alpha value is -2.60. The fourth-order valence-electron chi connectivity index (χ4n) is 3.71. The number of likely N-dealkylation sites (N-methyl/N-ethyl adjacent to an activating group) is 2. The monoisotopic (exact) mass is 475 g/mol. The molecule has 5 nitrogen and oxygen atoms in total. The Balaban J connectivity index is 2.22. The van der Waals surface area contributed by atoms with Gasteiger partial charge in [-0.2, -0.15) is 0 Å². The van der Waals surface area contributed by atoms with Gasteiger partial charge in [0.05, 0.1) is 17.1 Å². The molecule has 1 aromatic carbocycles. The lowest BCUT2D eigenvalue weighted by atomic mass is 9.99. The number of nitrogens with one attached hydrogen (secondary N) is 1. The third-order valence-corrected chi connectivity index (χ3v) is 6.19. The molecule has 1 aromatic rings. The summed E-state index contributed by atoms with van der Waals surface area (Å²) < 4.78 is 14.9. The summed E-state index contributed by atoms with van der Waals surface area (Å²) in [5.74, 6) is -1.19. The SMILES string of the molecule is CC[C@@H](C)N(CC)C(=O)Cc1cc(Cl)c(NC(=O)/C2=C/N(C)C/C=C\C/C=C\C2C)cc1F. The van der Waals surface area contributed by atoms with Gasteiger partial charge in [0.1, 0.15) is 5.82 Å². The Morgan fingerprint density at radius 1 is 1.27 bits per heavy atom. The molecule has 2 rings (SSSR count). The van der Waals surface area contributed by atoms with E-state index in [0.717, 1.165) is 12.8 Å². The number of nitrogens with zero attached hydrogens (tertiary/aromatic N) is 2. The van der Waals surface area contributed by atoms with Crippen LogP contribution < -0.4 is 5.32 Å². The van der Waals surface area contributed by atoms with E-state index in [2.05, 4.69) is 11.4 Å². The Morgan fingerprint density at radius 2 is 2.00 bits per heavy atom. The Bertz CT molecular complexity index is 942. The van der Waals surface area contributed by atoms with Gasteiger partial charge in [0.15, 0.2) is 0 Å². The van der Waals surface area contributed by atoms with Crippen molar-refractivity contribution in [1.82, 2.24) is 9.80 Å². The van der Waals surface area contributed by atoms with Crippen molar-refractivity contribution in [3.8, 4) is 0 Å². The summed E-state index contributed by atoms with van der Waals surface area (Å²) in [5.41, 5.74) is 0.943. The van der Waals surface area contributed by atoms with Crippen LogP contribution >= 0.6 is 11.6 Å². The number of anilines is 1. The number of amides is 2. The van der Waals surface area contributed by atoms with Crippen molar-refractivity contribution in [1.29, 1.82) is 0 Å². The fraction of sp³-hybridized carbons (Fsp3) is 0.462. The van der Waals surface area contributed by atoms with Crippen LogP contribution in [-0.2, 0) is 16.0 Å². The summed E-state index contributed by atoms with van der Waals surface area (Å²) in [7, 11) is 1.90. The smallest absolute Gasteiger partial charge is 0.253 e. The first kappa shape index (κ1) is 26.7. The minimum atomic E-state index is -0.571. The van der Waals surface area contributed by atoms with Gasteiger partial charge in [-0.3, -0.25) is 9.59 Å². The van der Waals surface area contributed by atoms with Gasteiger partial charge in [0.2, 0.25) is 5.91 Å². The zero-order valence-corrected chi connectivity index (χ0v) is 21.0. The maximum absolute atomic E-state index is 14.9. The molecule has 7 heteroatoms. The predicted molar refractivity (Wildman–Crippen MR) is 134 cm³/mol. The number of hydrogen-bond donors (Lipinski definition) is 1. The fourth-order valence-corrected chi connectivity index (χ4v) is 3.94. The van der Waals surface area contributed by atoms with Crippen LogP contribution in [0.25, 0.3) is 0 Å². The molecule has 180 valence electrons. The van der Waals surface area contributed by atoms with Gasteiger partial charge in [0, 0.05) is 43.9 Å². The second-order valence-electron chi connectivity index (χ2n) is 8.44. The normalized spacial score (nSPS) is 20.9. The number of allylic oxidation sites excluding steroid dienone is 3. The molecule has 0 saturated carbocycles. The number of carbonyl (C=O) groups is 2. The summed E-state index contributed by atoms with van der Waals surface area (Å²) >= 11 is 6.38. The molecule has 1 N–H and O–H groups in total. The molecule has 0 aromatic heterocycles. The number of rotatable bonds is 7. The lowest BCUT2D eigenvalue weighted by molar-refractivity contribution is -0.132. The molecule has 2 amide bonds. The molecule has 1 heterocycles. The maximum Gasteiger partial charge on any atom is 0.253 e. The number of benzene rings is 1. The third kappa shape index (κ3) is 7.46. The van der Waals surface area contributed by atoms with Gasteiger partial charge < -0.3 is 15.1 Å². The van der Waals surface area contributed by atoms with E-state index in [1.807, 2.05) is 57.9 Å². The lowest BCUT2D eigenvalue weighted by Crippen LogP contribution is -2.39. The van der Waals surface area contributed by atoms with Gasteiger partial charge in [-0.05, 0) is 44.4 Å². The Morgan fingerprint density at radius 3 is 2.67 bits per heavy atom. The quantitative estimate of drug-likeness (QED) is 0.524. The van der Waals surface area contributed by atoms with E-state index in [-0.39, 0.29) is 46.5 Å². The van der Waals surface area contributed by atoms with Crippen molar-refractivity contribution in [2.45, 2.75) is 53.0 Å². The van der Waals surface area contributed by atoms with E-state index < -0.39 is 5.82 Å². The minimum Gasteiger partial charge on any atom is -0.376 e. The molecule has 0 radical (unpaired) electrons. The predicted octanol–water partition coefficient (Wildman–Crippen LogP) is 5.58. The van der Waals surface area contributed by atoms with Crippen LogP contribution in [0.15, 0.2) is 48.2 Å². The first-order valence-electron chi connectivity index (χ1n) is 11.5. The first-order valence-corrected chi connectivity index (χ1v) is 11.9. The van der Waals surface area contributed by atoms with Crippen molar-refractivity contribution in [2.75, 3.05) is 25.5 Å². The lowest BCUT2D eigenvalue weighted by Gasteiger charge is -2.27. The van der Waals surface area contributed by atoms with Crippen LogP contribution in [0.1, 0.15) is 46.1 Å². The van der Waals surface area contributed by atoms with E-state index in [9.17, 15) is 14.0 Å². The van der Waals surface area contributed by atoms with Crippen molar-refractivity contribution in [3.63, 3.8) is 0 Å². The second-order valence-corrected chi connectivity index (χ2v) is 8.85. The average molecular weight is 476 g/mol. The number of carbonyl (C=O) groups excluding carboxylic acids is 2. The van der Waals surface area contributed by atoms with Gasteiger partial charge in [-0.25, -0.2) is 4.39 Å². The Kier molecular flexibility index (Phi) is 10.2. The topological polar surface area (TPSA) is 52.7 Å². The van der Waals surface area contributed by atoms with Crippen molar-refractivity contribution >= 4 is 29.1 Å². The summed E-state index contributed by atoms with van der Waals surface area (Å²) in [6, 6.07) is 2.70. The molecule has 0 aliphatic carbocycles. The number of halogens is 2. The molecule has 33 heavy (non-hydrogen) atoms. The molecule has 0 fully saturated rings. The minimum absolute atomic E-state index is 0.0785. The van der Waals surface area contributed by atoms with E-state index in [1.165, 1.54) is 12.1 Å². The van der Waals surface area contributed by atoms with Gasteiger partial charge in [0.25, 0.3) is 5.91 Å². The maximum atomic E-state index is 14.9. The highest BCUT2D eigenvalue weighted by Gasteiger charge is 2.22. The van der Waals surface area contributed by atoms with Crippen LogP contribution in [0.2, 0.25) is 5.02 Å². The van der Waals surface area contributed by atoms with Crippen LogP contribution in [-0.4, -0.2) is 47.8 Å². The van der Waals surface area contributed by atoms with Crippen LogP contribution in [0.4, 0.5) is 10.1 Å². The third-order valence-electron chi connectivity index (χ3n) is 5.88. The molecule has 1 aliphatic heterocycles. The van der Waals surface area contributed by atoms with Gasteiger partial charge in [-0.1, -0.05) is 49.8 Å². The molecule has 0 bridgehead atoms. The Labute approximate surface area is 202 Å². The van der Waals surface area contributed by atoms with Crippen LogP contribution in [0.5, 0.6) is 0 Å². The second kappa shape index (κ2) is 12.6. The highest BCUT2D eigenvalue weighted by Crippen LogP contribution is 2.28. The average Bonchev–Trinajstić information content (AvgIpc) is 2.77. The van der Waals surface area contributed by atoms with Crippen molar-refractivity contribution in [3.05, 3.63) is 64.6 Å². The standard InChI is InChI=1S/C26H35ClFN3O2/c1-6-19(4)31(7-2)25(32)15-20-14-22(27)24(16-23(20)28)29-26(33)21-17-30(5)13-11-9-8-10-12-18(21)3/h9-12,14,16-19H,6-8,13,15H2,1-5H3,(H,29,33)/b11-9-,12-10-,21-17+/t18?,19-/m1/s1. The number of hydrogen-bond acceptors (Lipinski definition) is 3. The zero-order valence-electron chi connectivity index (χ0n) is 20.2. The molecule has 1 unspecified atom stereocenters. The van der Waals surface area contributed by atoms with Crippen molar-refractivity contribution in [2.24, 2.45) is 5.92 Å². The van der Waals surface area contributed by atoms with E-state index in [1.54, 1.807) is 11.1 Å². The zero-order chi connectivity index (χ0) is 24.5. The highest BCUT2D eigenvalue weighted by atomic mass is 35.5. The summed E-state index contributed by atoms with van der Waals surface area (Å²) in [5, 5.41) is 2.94. The van der Waals surface area contributed by atoms with E-state index >= 15 is 0 Å². The van der Waals surface area contributed by atoms with Gasteiger partial charge >= 0.3 is 0 Å². The van der Waals surface area contributed by atoms with Crippen LogP contribution in [0, 0.1) is 11.7 Å². The molecule has 0 saturated heterocycles. The van der Waals surface area contributed by atoms with Gasteiger partial charge in [-0.15, -0.1) is 0 Å². The molecule has 1 aliphatic rings. The summed E-state index contributed by atoms with van der Waals surface area (Å²) in [6.45, 7) is 9.07. The van der Waals surface area contributed by atoms with E-state index in [0.29, 0.717) is 18.7 Å². The largest absolute Gasteiger partial charge is 0.376 e. The summed E-state index contributed by atoms with van der Waals surface area (Å²) in [6.07, 6.45) is 11.5.